The number of benzene rings is 2. The number of amides is 1. The van der Waals surface area contributed by atoms with Gasteiger partial charge in [-0.1, -0.05) is 34.1 Å². The Labute approximate surface area is 152 Å². The number of nitrogens with zero attached hydrogens (tertiary/aromatic N) is 1. The topological polar surface area (TPSA) is 41.6 Å². The predicted molar refractivity (Wildman–Crippen MR) is 99.3 cm³/mol. The highest BCUT2D eigenvalue weighted by atomic mass is 79.9. The Balaban J connectivity index is 2.22. The molecule has 0 aromatic heterocycles. The van der Waals surface area contributed by atoms with Crippen LogP contribution in [0.1, 0.15) is 0 Å². The number of hydrogen-bond acceptors (Lipinski definition) is 3. The molecule has 0 spiro atoms. The van der Waals surface area contributed by atoms with Crippen LogP contribution in [0.4, 0.5) is 5.69 Å². The maximum absolute atomic E-state index is 12.5. The van der Waals surface area contributed by atoms with E-state index in [0.717, 1.165) is 8.95 Å². The van der Waals surface area contributed by atoms with Crippen molar-refractivity contribution in [2.24, 2.45) is 0 Å². The van der Waals surface area contributed by atoms with Gasteiger partial charge in [0, 0.05) is 29.2 Å². The van der Waals surface area contributed by atoms with E-state index in [4.69, 9.17) is 4.74 Å². The van der Waals surface area contributed by atoms with Gasteiger partial charge in [0.15, 0.2) is 0 Å². The molecule has 2 rings (SSSR count). The van der Waals surface area contributed by atoms with Crippen molar-refractivity contribution in [2.75, 3.05) is 19.4 Å². The van der Waals surface area contributed by atoms with Crippen molar-refractivity contribution in [1.82, 2.24) is 4.90 Å². The monoisotopic (exact) mass is 438 g/mol. The van der Waals surface area contributed by atoms with Crippen LogP contribution in [-0.4, -0.2) is 24.9 Å². The molecule has 0 radical (unpaired) electrons. The largest absolute Gasteiger partial charge is 0.450 e. The summed E-state index contributed by atoms with van der Waals surface area (Å²) in [5, 5.41) is 2.84. The molecule has 0 aliphatic heterocycles. The lowest BCUT2D eigenvalue weighted by molar-refractivity contribution is -0.114. The van der Waals surface area contributed by atoms with Gasteiger partial charge in [-0.05, 0) is 46.3 Å². The first-order valence-electron chi connectivity index (χ1n) is 6.83. The smallest absolute Gasteiger partial charge is 0.292 e. The molecular formula is C17H16Br2N2O2. The molecule has 0 unspecified atom stereocenters. The minimum absolute atomic E-state index is 0.202. The van der Waals surface area contributed by atoms with E-state index in [-0.39, 0.29) is 11.7 Å². The van der Waals surface area contributed by atoms with E-state index in [1.165, 1.54) is 0 Å². The fourth-order valence-corrected chi connectivity index (χ4v) is 2.47. The Hall–Kier alpha value is -1.79. The maximum atomic E-state index is 12.5. The van der Waals surface area contributed by atoms with E-state index in [9.17, 15) is 4.79 Å². The summed E-state index contributed by atoms with van der Waals surface area (Å²) in [6, 6.07) is 14.7. The first-order valence-corrected chi connectivity index (χ1v) is 8.42. The van der Waals surface area contributed by atoms with Crippen molar-refractivity contribution >= 4 is 43.5 Å². The van der Waals surface area contributed by atoms with Gasteiger partial charge in [-0.3, -0.25) is 4.79 Å². The van der Waals surface area contributed by atoms with Gasteiger partial charge in [0.05, 0.1) is 5.69 Å². The summed E-state index contributed by atoms with van der Waals surface area (Å²) in [6.45, 7) is 0. The second-order valence-electron chi connectivity index (χ2n) is 4.95. The van der Waals surface area contributed by atoms with Gasteiger partial charge in [-0.2, -0.15) is 0 Å². The first kappa shape index (κ1) is 17.6. The van der Waals surface area contributed by atoms with Gasteiger partial charge in [-0.15, -0.1) is 0 Å². The second-order valence-corrected chi connectivity index (χ2v) is 6.72. The van der Waals surface area contributed by atoms with Crippen LogP contribution in [0.5, 0.6) is 5.75 Å². The van der Waals surface area contributed by atoms with Gasteiger partial charge in [-0.25, -0.2) is 0 Å². The lowest BCUT2D eigenvalue weighted by Crippen LogP contribution is -2.21. The van der Waals surface area contributed by atoms with Crippen LogP contribution in [-0.2, 0) is 4.79 Å². The van der Waals surface area contributed by atoms with Crippen LogP contribution < -0.4 is 10.1 Å². The van der Waals surface area contributed by atoms with Gasteiger partial charge < -0.3 is 15.0 Å². The highest BCUT2D eigenvalue weighted by molar-refractivity contribution is 9.11. The number of para-hydroxylation sites is 1. The number of anilines is 1. The highest BCUT2D eigenvalue weighted by Gasteiger charge is 2.15. The van der Waals surface area contributed by atoms with Crippen molar-refractivity contribution in [3.8, 4) is 5.75 Å². The number of ether oxygens (including phenoxy) is 1. The van der Waals surface area contributed by atoms with Crippen molar-refractivity contribution in [3.63, 3.8) is 0 Å². The molecule has 120 valence electrons. The number of rotatable bonds is 5. The molecule has 0 saturated carbocycles. The SMILES string of the molecule is CN(C)/C=C(\Oc1ccccc1)C(=O)Nc1cc(Br)ccc1Br. The summed E-state index contributed by atoms with van der Waals surface area (Å²) in [6.07, 6.45) is 1.63. The summed E-state index contributed by atoms with van der Waals surface area (Å²) < 4.78 is 7.37. The minimum Gasteiger partial charge on any atom is -0.450 e. The molecule has 0 bridgehead atoms. The Morgan fingerprint density at radius 3 is 2.48 bits per heavy atom. The van der Waals surface area contributed by atoms with Crippen molar-refractivity contribution in [1.29, 1.82) is 0 Å². The third kappa shape index (κ3) is 5.41. The molecule has 0 aliphatic carbocycles. The third-order valence-electron chi connectivity index (χ3n) is 2.75. The van der Waals surface area contributed by atoms with Gasteiger partial charge in [0.2, 0.25) is 5.76 Å². The molecule has 1 amide bonds. The number of carbonyl (C=O) groups excluding carboxylic acids is 1. The average Bonchev–Trinajstić information content (AvgIpc) is 2.51. The molecular weight excluding hydrogens is 424 g/mol. The van der Waals surface area contributed by atoms with E-state index in [0.29, 0.717) is 11.4 Å². The van der Waals surface area contributed by atoms with Gasteiger partial charge in [0.1, 0.15) is 5.75 Å². The molecule has 23 heavy (non-hydrogen) atoms. The maximum Gasteiger partial charge on any atom is 0.292 e. The molecule has 2 aromatic carbocycles. The van der Waals surface area contributed by atoms with Crippen LogP contribution in [0.15, 0.2) is 69.4 Å². The molecule has 0 saturated heterocycles. The van der Waals surface area contributed by atoms with E-state index >= 15 is 0 Å². The van der Waals surface area contributed by atoms with Crippen LogP contribution >= 0.6 is 31.9 Å². The zero-order valence-corrected chi connectivity index (χ0v) is 15.9. The fourth-order valence-electron chi connectivity index (χ4n) is 1.76. The molecule has 0 heterocycles. The molecule has 2 aromatic rings. The molecule has 4 nitrogen and oxygen atoms in total. The van der Waals surface area contributed by atoms with Gasteiger partial charge in [0.25, 0.3) is 5.91 Å². The first-order chi connectivity index (χ1) is 11.0. The molecule has 0 atom stereocenters. The van der Waals surface area contributed by atoms with Crippen LogP contribution in [0.25, 0.3) is 0 Å². The predicted octanol–water partition coefficient (Wildman–Crippen LogP) is 4.63. The van der Waals surface area contributed by atoms with Crippen LogP contribution in [0.2, 0.25) is 0 Å². The Morgan fingerprint density at radius 2 is 1.83 bits per heavy atom. The summed E-state index contributed by atoms with van der Waals surface area (Å²) in [5.74, 6) is 0.471. The third-order valence-corrected chi connectivity index (χ3v) is 3.93. The summed E-state index contributed by atoms with van der Waals surface area (Å²) in [5.41, 5.74) is 0.658. The van der Waals surface area contributed by atoms with Crippen LogP contribution in [0, 0.1) is 0 Å². The summed E-state index contributed by atoms with van der Waals surface area (Å²) >= 11 is 6.81. The van der Waals surface area contributed by atoms with Gasteiger partial charge >= 0.3 is 0 Å². The lowest BCUT2D eigenvalue weighted by Gasteiger charge is -2.14. The second kappa shape index (κ2) is 8.17. The summed E-state index contributed by atoms with van der Waals surface area (Å²) in [7, 11) is 3.66. The van der Waals surface area contributed by atoms with E-state index in [2.05, 4.69) is 37.2 Å². The average molecular weight is 440 g/mol. The normalized spacial score (nSPS) is 11.0. The quantitative estimate of drug-likeness (QED) is 0.545. The molecule has 6 heteroatoms. The highest BCUT2D eigenvalue weighted by Crippen LogP contribution is 2.26. The minimum atomic E-state index is -0.332. The molecule has 0 fully saturated rings. The number of hydrogen-bond donors (Lipinski definition) is 1. The number of nitrogens with one attached hydrogen (secondary N) is 1. The van der Waals surface area contributed by atoms with E-state index in [1.807, 2.05) is 50.5 Å². The number of carbonyl (C=O) groups is 1. The standard InChI is InChI=1S/C17H16Br2N2O2/c1-21(2)11-16(23-13-6-4-3-5-7-13)17(22)20-15-10-12(18)8-9-14(15)19/h3-11H,1-2H3,(H,20,22)/b16-11-. The Kier molecular flexibility index (Phi) is 6.24. The Bertz CT molecular complexity index is 716. The van der Waals surface area contributed by atoms with Crippen molar-refractivity contribution < 1.29 is 9.53 Å². The van der Waals surface area contributed by atoms with Crippen LogP contribution in [0.3, 0.4) is 0 Å². The van der Waals surface area contributed by atoms with E-state index < -0.39 is 0 Å². The summed E-state index contributed by atoms with van der Waals surface area (Å²) in [4.78, 5) is 14.3. The Morgan fingerprint density at radius 1 is 1.13 bits per heavy atom. The zero-order valence-electron chi connectivity index (χ0n) is 12.7. The zero-order chi connectivity index (χ0) is 16.8. The lowest BCUT2D eigenvalue weighted by atomic mass is 10.3. The fraction of sp³-hybridized carbons (Fsp3) is 0.118. The number of halogens is 2. The van der Waals surface area contributed by atoms with Crippen molar-refractivity contribution in [3.05, 3.63) is 69.4 Å². The molecule has 0 aliphatic rings. The van der Waals surface area contributed by atoms with E-state index in [1.54, 1.807) is 23.2 Å². The van der Waals surface area contributed by atoms with Crippen molar-refractivity contribution in [2.45, 2.75) is 0 Å². The molecule has 1 N–H and O–H groups in total.